The van der Waals surface area contributed by atoms with Crippen LogP contribution in [-0.4, -0.2) is 36.7 Å². The van der Waals surface area contributed by atoms with Gasteiger partial charge in [-0.25, -0.2) is 5.48 Å². The number of hydrogen-bond acceptors (Lipinski definition) is 4. The SMILES string of the molecule is CC(C)(C)OCCOCCC(NO)C(C)(C)C. The molecular weight excluding hydrogens is 218 g/mol. The zero-order valence-electron chi connectivity index (χ0n) is 12.2. The van der Waals surface area contributed by atoms with Gasteiger partial charge in [-0.1, -0.05) is 20.8 Å². The molecule has 2 N–H and O–H groups in total. The van der Waals surface area contributed by atoms with E-state index < -0.39 is 0 Å². The smallest absolute Gasteiger partial charge is 0.0707 e. The Morgan fingerprint density at radius 2 is 1.59 bits per heavy atom. The van der Waals surface area contributed by atoms with Crippen LogP contribution in [0.25, 0.3) is 0 Å². The summed E-state index contributed by atoms with van der Waals surface area (Å²) in [7, 11) is 0. The van der Waals surface area contributed by atoms with Crippen molar-refractivity contribution < 1.29 is 14.7 Å². The van der Waals surface area contributed by atoms with Crippen molar-refractivity contribution >= 4 is 0 Å². The largest absolute Gasteiger partial charge is 0.379 e. The maximum Gasteiger partial charge on any atom is 0.0707 e. The van der Waals surface area contributed by atoms with Crippen molar-refractivity contribution in [3.05, 3.63) is 0 Å². The molecule has 0 rings (SSSR count). The van der Waals surface area contributed by atoms with Crippen molar-refractivity contribution in [2.45, 2.75) is 59.6 Å². The van der Waals surface area contributed by atoms with Crippen LogP contribution in [0.3, 0.4) is 0 Å². The van der Waals surface area contributed by atoms with Crippen LogP contribution in [0.2, 0.25) is 0 Å². The summed E-state index contributed by atoms with van der Waals surface area (Å²) in [4.78, 5) is 0. The molecule has 0 heterocycles. The summed E-state index contributed by atoms with van der Waals surface area (Å²) >= 11 is 0. The Kier molecular flexibility index (Phi) is 7.24. The summed E-state index contributed by atoms with van der Waals surface area (Å²) in [6, 6.07) is 0.0473. The lowest BCUT2D eigenvalue weighted by Crippen LogP contribution is -2.39. The molecule has 0 aromatic heterocycles. The third-order valence-electron chi connectivity index (χ3n) is 2.51. The van der Waals surface area contributed by atoms with Crippen LogP contribution >= 0.6 is 0 Å². The molecule has 17 heavy (non-hydrogen) atoms. The first-order valence-electron chi connectivity index (χ1n) is 6.28. The Balaban J connectivity index is 3.57. The van der Waals surface area contributed by atoms with Gasteiger partial charge in [-0.15, -0.1) is 0 Å². The second-order valence-corrected chi connectivity index (χ2v) is 6.41. The number of ether oxygens (including phenoxy) is 2. The third-order valence-corrected chi connectivity index (χ3v) is 2.51. The number of hydrogen-bond donors (Lipinski definition) is 2. The fraction of sp³-hybridized carbons (Fsp3) is 1.00. The highest BCUT2D eigenvalue weighted by atomic mass is 16.5. The first-order chi connectivity index (χ1) is 7.67. The molecule has 0 aliphatic carbocycles. The molecule has 4 heteroatoms. The highest BCUT2D eigenvalue weighted by Crippen LogP contribution is 2.21. The number of hydroxylamine groups is 1. The van der Waals surface area contributed by atoms with Crippen molar-refractivity contribution in [2.24, 2.45) is 5.41 Å². The van der Waals surface area contributed by atoms with Crippen molar-refractivity contribution in [3.63, 3.8) is 0 Å². The fourth-order valence-electron chi connectivity index (χ4n) is 1.40. The molecule has 0 amide bonds. The van der Waals surface area contributed by atoms with Gasteiger partial charge in [0.05, 0.1) is 18.8 Å². The van der Waals surface area contributed by atoms with E-state index in [1.54, 1.807) is 0 Å². The quantitative estimate of drug-likeness (QED) is 0.536. The first-order valence-corrected chi connectivity index (χ1v) is 6.28. The molecule has 0 fully saturated rings. The van der Waals surface area contributed by atoms with Gasteiger partial charge in [0.1, 0.15) is 0 Å². The maximum atomic E-state index is 9.04. The molecule has 0 spiro atoms. The van der Waals surface area contributed by atoms with Gasteiger partial charge in [-0.2, -0.15) is 0 Å². The van der Waals surface area contributed by atoms with E-state index in [0.29, 0.717) is 19.8 Å². The molecule has 104 valence electrons. The standard InChI is InChI=1S/C13H29NO3/c1-12(2,3)11(14-15)7-8-16-9-10-17-13(4,5)6/h11,14-15H,7-10H2,1-6H3. The minimum atomic E-state index is -0.107. The van der Waals surface area contributed by atoms with Crippen molar-refractivity contribution in [1.29, 1.82) is 0 Å². The van der Waals surface area contributed by atoms with Crippen molar-refractivity contribution in [1.82, 2.24) is 5.48 Å². The average Bonchev–Trinajstić information content (AvgIpc) is 2.12. The van der Waals surface area contributed by atoms with E-state index >= 15 is 0 Å². The lowest BCUT2D eigenvalue weighted by molar-refractivity contribution is -0.0389. The summed E-state index contributed by atoms with van der Waals surface area (Å²) in [5.74, 6) is 0. The van der Waals surface area contributed by atoms with Crippen LogP contribution < -0.4 is 5.48 Å². The normalized spacial score (nSPS) is 15.0. The Morgan fingerprint density at radius 3 is 2.00 bits per heavy atom. The van der Waals surface area contributed by atoms with Gasteiger partial charge < -0.3 is 14.7 Å². The lowest BCUT2D eigenvalue weighted by Gasteiger charge is -2.29. The second kappa shape index (κ2) is 7.31. The average molecular weight is 247 g/mol. The molecule has 0 saturated carbocycles. The second-order valence-electron chi connectivity index (χ2n) is 6.41. The first kappa shape index (κ1) is 16.8. The summed E-state index contributed by atoms with van der Waals surface area (Å²) in [6.45, 7) is 14.2. The maximum absolute atomic E-state index is 9.04. The molecule has 0 aliphatic rings. The van der Waals surface area contributed by atoms with Crippen LogP contribution in [-0.2, 0) is 9.47 Å². The molecular formula is C13H29NO3. The van der Waals surface area contributed by atoms with Gasteiger partial charge in [0, 0.05) is 12.6 Å². The summed E-state index contributed by atoms with van der Waals surface area (Å²) in [6.07, 6.45) is 0.787. The number of nitrogens with one attached hydrogen (secondary N) is 1. The highest BCUT2D eigenvalue weighted by Gasteiger charge is 2.23. The summed E-state index contributed by atoms with van der Waals surface area (Å²) < 4.78 is 11.0. The van der Waals surface area contributed by atoms with Crippen LogP contribution in [0.15, 0.2) is 0 Å². The number of rotatable bonds is 7. The van der Waals surface area contributed by atoms with E-state index in [1.807, 2.05) is 20.8 Å². The predicted octanol–water partition coefficient (Wildman–Crippen LogP) is 2.60. The molecule has 0 aliphatic heterocycles. The molecule has 0 aromatic carbocycles. The molecule has 1 atom stereocenters. The summed E-state index contributed by atoms with van der Waals surface area (Å²) in [5.41, 5.74) is 2.27. The minimum absolute atomic E-state index is 0.0278. The Labute approximate surface area is 106 Å². The van der Waals surface area contributed by atoms with Crippen LogP contribution in [0.5, 0.6) is 0 Å². The van der Waals surface area contributed by atoms with Crippen LogP contribution in [0, 0.1) is 5.41 Å². The Hall–Kier alpha value is -0.160. The van der Waals surface area contributed by atoms with Crippen LogP contribution in [0.1, 0.15) is 48.0 Å². The van der Waals surface area contributed by atoms with Crippen molar-refractivity contribution in [3.8, 4) is 0 Å². The highest BCUT2D eigenvalue weighted by molar-refractivity contribution is 4.77. The lowest BCUT2D eigenvalue weighted by atomic mass is 9.85. The van der Waals surface area contributed by atoms with E-state index in [0.717, 1.165) is 6.42 Å². The van der Waals surface area contributed by atoms with Gasteiger partial charge in [0.25, 0.3) is 0 Å². The van der Waals surface area contributed by atoms with Crippen molar-refractivity contribution in [2.75, 3.05) is 19.8 Å². The molecule has 0 radical (unpaired) electrons. The van der Waals surface area contributed by atoms with Gasteiger partial charge in [0.2, 0.25) is 0 Å². The topological polar surface area (TPSA) is 50.7 Å². The van der Waals surface area contributed by atoms with Gasteiger partial charge in [0.15, 0.2) is 0 Å². The third kappa shape index (κ3) is 9.53. The van der Waals surface area contributed by atoms with E-state index in [2.05, 4.69) is 26.3 Å². The molecule has 1 unspecified atom stereocenters. The zero-order chi connectivity index (χ0) is 13.5. The summed E-state index contributed by atoms with van der Waals surface area (Å²) in [5, 5.41) is 9.04. The molecule has 0 aromatic rings. The minimum Gasteiger partial charge on any atom is -0.379 e. The van der Waals surface area contributed by atoms with E-state index in [1.165, 1.54) is 0 Å². The van der Waals surface area contributed by atoms with Gasteiger partial charge >= 0.3 is 0 Å². The monoisotopic (exact) mass is 247 g/mol. The fourth-order valence-corrected chi connectivity index (χ4v) is 1.40. The Morgan fingerprint density at radius 1 is 1.00 bits per heavy atom. The van der Waals surface area contributed by atoms with E-state index in [-0.39, 0.29) is 17.1 Å². The van der Waals surface area contributed by atoms with Gasteiger partial charge in [-0.3, -0.25) is 0 Å². The van der Waals surface area contributed by atoms with Crippen LogP contribution in [0.4, 0.5) is 0 Å². The predicted molar refractivity (Wildman–Crippen MR) is 69.3 cm³/mol. The Bertz CT molecular complexity index is 194. The molecule has 0 saturated heterocycles. The molecule has 4 nitrogen and oxygen atoms in total. The van der Waals surface area contributed by atoms with E-state index in [9.17, 15) is 0 Å². The van der Waals surface area contributed by atoms with E-state index in [4.69, 9.17) is 14.7 Å². The van der Waals surface area contributed by atoms with Gasteiger partial charge in [-0.05, 0) is 32.6 Å². The molecule has 0 bridgehead atoms. The zero-order valence-corrected chi connectivity index (χ0v) is 12.2.